The first-order valence-electron chi connectivity index (χ1n) is 10.3. The summed E-state index contributed by atoms with van der Waals surface area (Å²) >= 11 is 0. The van der Waals surface area contributed by atoms with Gasteiger partial charge in [0.25, 0.3) is 0 Å². The van der Waals surface area contributed by atoms with Crippen molar-refractivity contribution in [1.82, 2.24) is 0 Å². The van der Waals surface area contributed by atoms with Crippen LogP contribution in [0.1, 0.15) is 88.0 Å². The van der Waals surface area contributed by atoms with E-state index in [4.69, 9.17) is 35.7 Å². The quantitative estimate of drug-likeness (QED) is 0.362. The SMILES string of the molecule is CC(C)CO.CC(C)O.CCC(C)O.CCCCO.CCCO.CCO.CO. The Hall–Kier alpha value is -0.280. The molecular formula is C21H56O7. The largest absolute Gasteiger partial charge is 0.400 e. The molecule has 0 aliphatic rings. The van der Waals surface area contributed by atoms with Crippen molar-refractivity contribution >= 4 is 0 Å². The van der Waals surface area contributed by atoms with Crippen LogP contribution in [0.5, 0.6) is 0 Å². The molecule has 182 valence electrons. The number of aliphatic hydroxyl groups is 7. The Balaban J connectivity index is -0.0000000374. The lowest BCUT2D eigenvalue weighted by molar-refractivity contribution is 0.191. The lowest BCUT2D eigenvalue weighted by Gasteiger charge is -1.90. The molecule has 0 amide bonds. The molecule has 0 heterocycles. The van der Waals surface area contributed by atoms with Gasteiger partial charge >= 0.3 is 0 Å². The third-order valence-corrected chi connectivity index (χ3v) is 1.69. The van der Waals surface area contributed by atoms with Crippen LogP contribution in [0.3, 0.4) is 0 Å². The summed E-state index contributed by atoms with van der Waals surface area (Å²) in [5, 5.41) is 55.1. The molecule has 0 aliphatic heterocycles. The third-order valence-electron chi connectivity index (χ3n) is 1.69. The number of unbranched alkanes of at least 4 members (excludes halogenated alkanes) is 1. The molecule has 0 rings (SSSR count). The summed E-state index contributed by atoms with van der Waals surface area (Å²) in [4.78, 5) is 0. The molecule has 7 heteroatoms. The van der Waals surface area contributed by atoms with Crippen LogP contribution in [-0.4, -0.2) is 81.5 Å². The van der Waals surface area contributed by atoms with Crippen molar-refractivity contribution in [3.8, 4) is 0 Å². The molecule has 0 bridgehead atoms. The maximum Gasteiger partial charge on any atom is 0.0509 e. The maximum absolute atomic E-state index is 8.36. The molecule has 28 heavy (non-hydrogen) atoms. The summed E-state index contributed by atoms with van der Waals surface area (Å²) in [5.41, 5.74) is 0. The van der Waals surface area contributed by atoms with Crippen LogP contribution in [-0.2, 0) is 0 Å². The first kappa shape index (κ1) is 46.1. The number of hydrogen-bond donors (Lipinski definition) is 7. The van der Waals surface area contributed by atoms with Crippen LogP contribution < -0.4 is 0 Å². The van der Waals surface area contributed by atoms with Crippen LogP contribution in [0.4, 0.5) is 0 Å². The van der Waals surface area contributed by atoms with E-state index >= 15 is 0 Å². The van der Waals surface area contributed by atoms with Crippen molar-refractivity contribution in [2.24, 2.45) is 5.92 Å². The topological polar surface area (TPSA) is 142 Å². The molecule has 0 saturated heterocycles. The van der Waals surface area contributed by atoms with Crippen molar-refractivity contribution in [3.05, 3.63) is 0 Å². The minimum Gasteiger partial charge on any atom is -0.400 e. The second-order valence-electron chi connectivity index (χ2n) is 6.04. The van der Waals surface area contributed by atoms with Gasteiger partial charge in [-0.05, 0) is 52.9 Å². The average Bonchev–Trinajstić information content (AvgIpc) is 2.65. The molecule has 7 N–H and O–H groups in total. The van der Waals surface area contributed by atoms with E-state index in [1.807, 2.05) is 27.7 Å². The zero-order chi connectivity index (χ0) is 24.4. The van der Waals surface area contributed by atoms with Gasteiger partial charge in [-0.1, -0.05) is 41.0 Å². The standard InChI is InChI=1S/3C4H10O.2C3H8O.C2H6O.CH4O/c1-4(2)3-5;1-3-4(2)5;1-2-3-4-5;1-3(2)4;1-2-3-4;1-2-3;1-2/h2*4-5H,3H2,1-2H3;5H,2-4H2,1H3;3-4H,1-2H3;4H,2-3H2,1H3;3H,2H2,1H3;2H,1H3. The highest BCUT2D eigenvalue weighted by Gasteiger charge is 1.82. The minimum atomic E-state index is -0.167. The highest BCUT2D eigenvalue weighted by atomic mass is 16.3. The average molecular weight is 421 g/mol. The van der Waals surface area contributed by atoms with Crippen LogP contribution >= 0.6 is 0 Å². The minimum absolute atomic E-state index is 0.116. The predicted molar refractivity (Wildman–Crippen MR) is 122 cm³/mol. The van der Waals surface area contributed by atoms with Gasteiger partial charge in [0.2, 0.25) is 0 Å². The normalized spacial score (nSPS) is 9.11. The Morgan fingerprint density at radius 2 is 0.857 bits per heavy atom. The molecule has 0 aliphatic carbocycles. The predicted octanol–water partition coefficient (Wildman–Crippen LogP) is 2.57. The smallest absolute Gasteiger partial charge is 0.0509 e. The third kappa shape index (κ3) is 348. The van der Waals surface area contributed by atoms with Gasteiger partial charge in [-0.2, -0.15) is 0 Å². The second-order valence-corrected chi connectivity index (χ2v) is 6.04. The number of rotatable bonds is 5. The monoisotopic (exact) mass is 420 g/mol. The fraction of sp³-hybridized carbons (Fsp3) is 1.00. The Bertz CT molecular complexity index is 141. The van der Waals surface area contributed by atoms with Gasteiger partial charge in [0.15, 0.2) is 0 Å². The summed E-state index contributed by atoms with van der Waals surface area (Å²) in [6, 6.07) is 0. The zero-order valence-electron chi connectivity index (χ0n) is 20.5. The summed E-state index contributed by atoms with van der Waals surface area (Å²) in [7, 11) is 1.00. The number of hydrogen-bond acceptors (Lipinski definition) is 7. The molecule has 0 radical (unpaired) electrons. The van der Waals surface area contributed by atoms with Gasteiger partial charge in [0.05, 0.1) is 6.10 Å². The number of aliphatic hydroxyl groups excluding tert-OH is 7. The van der Waals surface area contributed by atoms with Gasteiger partial charge in [-0.25, -0.2) is 0 Å². The van der Waals surface area contributed by atoms with E-state index in [2.05, 4.69) is 6.92 Å². The zero-order valence-corrected chi connectivity index (χ0v) is 20.5. The van der Waals surface area contributed by atoms with E-state index in [1.54, 1.807) is 27.7 Å². The van der Waals surface area contributed by atoms with Gasteiger partial charge in [-0.15, -0.1) is 0 Å². The molecule has 0 aromatic carbocycles. The Morgan fingerprint density at radius 3 is 0.857 bits per heavy atom. The lowest BCUT2D eigenvalue weighted by atomic mass is 10.2. The molecular weight excluding hydrogens is 364 g/mol. The summed E-state index contributed by atoms with van der Waals surface area (Å²) in [6.45, 7) is 18.0. The van der Waals surface area contributed by atoms with Crippen molar-refractivity contribution < 1.29 is 35.7 Å². The lowest BCUT2D eigenvalue weighted by Crippen LogP contribution is -1.93. The molecule has 1 unspecified atom stereocenters. The van der Waals surface area contributed by atoms with Gasteiger partial charge < -0.3 is 35.7 Å². The molecule has 0 saturated carbocycles. The Labute approximate surface area is 176 Å². The van der Waals surface area contributed by atoms with Gasteiger partial charge in [0.1, 0.15) is 0 Å². The van der Waals surface area contributed by atoms with Crippen molar-refractivity contribution in [2.75, 3.05) is 33.5 Å². The Morgan fingerprint density at radius 1 is 0.643 bits per heavy atom. The molecule has 1 atom stereocenters. The van der Waals surface area contributed by atoms with Gasteiger partial charge in [0, 0.05) is 39.6 Å². The van der Waals surface area contributed by atoms with Crippen molar-refractivity contribution in [1.29, 1.82) is 0 Å². The molecule has 0 aromatic heterocycles. The fourth-order valence-corrected chi connectivity index (χ4v) is 0.158. The van der Waals surface area contributed by atoms with E-state index in [1.165, 1.54) is 0 Å². The first-order chi connectivity index (χ1) is 13.0. The van der Waals surface area contributed by atoms with E-state index in [-0.39, 0.29) is 18.8 Å². The first-order valence-corrected chi connectivity index (χ1v) is 10.3. The molecule has 0 aromatic rings. The van der Waals surface area contributed by atoms with E-state index in [9.17, 15) is 0 Å². The van der Waals surface area contributed by atoms with Crippen LogP contribution in [0, 0.1) is 5.92 Å². The van der Waals surface area contributed by atoms with E-state index in [0.717, 1.165) is 32.8 Å². The molecule has 7 nitrogen and oxygen atoms in total. The molecule has 0 spiro atoms. The summed E-state index contributed by atoms with van der Waals surface area (Å²) < 4.78 is 0. The second kappa shape index (κ2) is 63.2. The van der Waals surface area contributed by atoms with Crippen molar-refractivity contribution in [3.63, 3.8) is 0 Å². The van der Waals surface area contributed by atoms with Crippen LogP contribution in [0.2, 0.25) is 0 Å². The molecule has 0 fully saturated rings. The summed E-state index contributed by atoms with van der Waals surface area (Å²) in [5.74, 6) is 0.440. The Kier molecular flexibility index (Phi) is 104. The van der Waals surface area contributed by atoms with E-state index in [0.29, 0.717) is 25.7 Å². The highest BCUT2D eigenvalue weighted by Crippen LogP contribution is 1.83. The van der Waals surface area contributed by atoms with Crippen LogP contribution in [0.15, 0.2) is 0 Å². The van der Waals surface area contributed by atoms with Crippen molar-refractivity contribution in [2.45, 2.75) is 100 Å². The highest BCUT2D eigenvalue weighted by molar-refractivity contribution is 4.34. The maximum atomic E-state index is 8.36. The van der Waals surface area contributed by atoms with Crippen LogP contribution in [0.25, 0.3) is 0 Å². The summed E-state index contributed by atoms with van der Waals surface area (Å²) in [6.07, 6.45) is 3.49. The van der Waals surface area contributed by atoms with Gasteiger partial charge in [-0.3, -0.25) is 0 Å². The fourth-order valence-electron chi connectivity index (χ4n) is 0.158. The van der Waals surface area contributed by atoms with E-state index < -0.39 is 0 Å².